The lowest BCUT2D eigenvalue weighted by Crippen LogP contribution is -2.27. The summed E-state index contributed by atoms with van der Waals surface area (Å²) in [5, 5.41) is 9.32. The molecule has 2 N–H and O–H groups in total. The van der Waals surface area contributed by atoms with E-state index in [1.54, 1.807) is 0 Å². The molecule has 1 aromatic heterocycles. The van der Waals surface area contributed by atoms with E-state index in [1.165, 1.54) is 17.8 Å². The zero-order valence-corrected chi connectivity index (χ0v) is 10.7. The highest BCUT2D eigenvalue weighted by atomic mass is 16.1. The summed E-state index contributed by atoms with van der Waals surface area (Å²) in [7, 11) is 0. The summed E-state index contributed by atoms with van der Waals surface area (Å²) in [4.78, 5) is 23.9. The van der Waals surface area contributed by atoms with Crippen molar-refractivity contribution in [2.24, 2.45) is 0 Å². The van der Waals surface area contributed by atoms with E-state index in [2.05, 4.69) is 15.5 Å². The van der Waals surface area contributed by atoms with Crippen LogP contribution in [0.2, 0.25) is 0 Å². The Balaban J connectivity index is 1.67. The second-order valence-electron chi connectivity index (χ2n) is 4.57. The summed E-state index contributed by atoms with van der Waals surface area (Å²) in [6.07, 6.45) is 3.51. The predicted molar refractivity (Wildman–Crippen MR) is 73.5 cm³/mol. The molecular formula is C15H13N3O2. The van der Waals surface area contributed by atoms with Gasteiger partial charge in [0.25, 0.3) is 0 Å². The molecule has 1 aromatic carbocycles. The third kappa shape index (κ3) is 2.25. The van der Waals surface area contributed by atoms with E-state index in [0.717, 1.165) is 6.42 Å². The van der Waals surface area contributed by atoms with Crippen molar-refractivity contribution in [2.75, 3.05) is 6.54 Å². The molecular weight excluding hydrogens is 254 g/mol. The maximum atomic E-state index is 12.1. The summed E-state index contributed by atoms with van der Waals surface area (Å²) >= 11 is 0. The Morgan fingerprint density at radius 1 is 1.15 bits per heavy atom. The standard InChI is InChI=1S/C15H13N3O2/c19-13-8-12(15(20)11-9-17-18-14(11)13)16-7-6-10-4-2-1-3-5-10/h1-5,8-9,16H,6-7H2,(H,17,18). The highest BCUT2D eigenvalue weighted by molar-refractivity contribution is 6.23. The minimum absolute atomic E-state index is 0.193. The van der Waals surface area contributed by atoms with Gasteiger partial charge in [0.1, 0.15) is 5.69 Å². The lowest BCUT2D eigenvalue weighted by molar-refractivity contribution is 0.0976. The van der Waals surface area contributed by atoms with Gasteiger partial charge in [0.15, 0.2) is 0 Å². The quantitative estimate of drug-likeness (QED) is 0.880. The molecule has 0 bridgehead atoms. The SMILES string of the molecule is O=C1C(NCCc2ccccc2)=CC(=O)c2[nH]ncc21. The van der Waals surface area contributed by atoms with Crippen LogP contribution < -0.4 is 5.32 Å². The van der Waals surface area contributed by atoms with Gasteiger partial charge in [-0.25, -0.2) is 0 Å². The molecule has 0 fully saturated rings. The summed E-state index contributed by atoms with van der Waals surface area (Å²) in [6.45, 7) is 0.599. The van der Waals surface area contributed by atoms with Crippen molar-refractivity contribution >= 4 is 11.6 Å². The molecule has 0 saturated carbocycles. The van der Waals surface area contributed by atoms with E-state index < -0.39 is 0 Å². The Bertz CT molecular complexity index is 686. The Hall–Kier alpha value is -2.69. The number of Topliss-reactive ketones (excluding diaryl/α,β-unsaturated/α-hetero) is 1. The zero-order valence-electron chi connectivity index (χ0n) is 10.7. The molecule has 1 aliphatic rings. The van der Waals surface area contributed by atoms with Crippen LogP contribution in [-0.2, 0) is 6.42 Å². The largest absolute Gasteiger partial charge is 0.381 e. The monoisotopic (exact) mass is 267 g/mol. The average Bonchev–Trinajstić information content (AvgIpc) is 2.95. The molecule has 100 valence electrons. The van der Waals surface area contributed by atoms with Gasteiger partial charge in [0.05, 0.1) is 17.5 Å². The Morgan fingerprint density at radius 3 is 2.75 bits per heavy atom. The molecule has 0 radical (unpaired) electrons. The van der Waals surface area contributed by atoms with Gasteiger partial charge in [-0.15, -0.1) is 0 Å². The van der Waals surface area contributed by atoms with Crippen LogP contribution in [0.4, 0.5) is 0 Å². The number of carbonyl (C=O) groups is 2. The molecule has 5 heteroatoms. The van der Waals surface area contributed by atoms with Crippen LogP contribution in [0.25, 0.3) is 0 Å². The number of hydrogen-bond donors (Lipinski definition) is 2. The number of benzene rings is 1. The minimum Gasteiger partial charge on any atom is -0.381 e. The molecule has 20 heavy (non-hydrogen) atoms. The molecule has 2 aromatic rings. The van der Waals surface area contributed by atoms with Gasteiger partial charge in [-0.3, -0.25) is 14.7 Å². The molecule has 0 amide bonds. The molecule has 0 aliphatic heterocycles. The van der Waals surface area contributed by atoms with Gasteiger partial charge in [-0.2, -0.15) is 5.10 Å². The number of ketones is 2. The Morgan fingerprint density at radius 2 is 1.95 bits per heavy atom. The smallest absolute Gasteiger partial charge is 0.212 e. The lowest BCUT2D eigenvalue weighted by Gasteiger charge is -2.13. The fraction of sp³-hybridized carbons (Fsp3) is 0.133. The van der Waals surface area contributed by atoms with Gasteiger partial charge in [0.2, 0.25) is 11.6 Å². The second-order valence-corrected chi connectivity index (χ2v) is 4.57. The third-order valence-corrected chi connectivity index (χ3v) is 3.22. The normalized spacial score (nSPS) is 13.9. The van der Waals surface area contributed by atoms with Crippen LogP contribution in [0.5, 0.6) is 0 Å². The fourth-order valence-electron chi connectivity index (χ4n) is 2.18. The van der Waals surface area contributed by atoms with E-state index in [4.69, 9.17) is 0 Å². The number of H-pyrrole nitrogens is 1. The average molecular weight is 267 g/mol. The first-order valence-corrected chi connectivity index (χ1v) is 6.37. The number of rotatable bonds is 4. The van der Waals surface area contributed by atoms with E-state index in [0.29, 0.717) is 17.8 Å². The van der Waals surface area contributed by atoms with Crippen molar-refractivity contribution in [1.82, 2.24) is 15.5 Å². The first-order chi connectivity index (χ1) is 9.75. The lowest BCUT2D eigenvalue weighted by atomic mass is 9.99. The number of allylic oxidation sites excluding steroid dienone is 2. The van der Waals surface area contributed by atoms with E-state index >= 15 is 0 Å². The molecule has 3 rings (SSSR count). The van der Waals surface area contributed by atoms with Crippen LogP contribution in [0.3, 0.4) is 0 Å². The number of aromatic nitrogens is 2. The molecule has 0 spiro atoms. The van der Waals surface area contributed by atoms with Crippen LogP contribution in [0.15, 0.2) is 48.3 Å². The van der Waals surface area contributed by atoms with Crippen molar-refractivity contribution in [3.63, 3.8) is 0 Å². The first kappa shape index (κ1) is 12.3. The van der Waals surface area contributed by atoms with Crippen molar-refractivity contribution in [3.05, 3.63) is 65.1 Å². The van der Waals surface area contributed by atoms with E-state index in [-0.39, 0.29) is 17.3 Å². The summed E-state index contributed by atoms with van der Waals surface area (Å²) in [5.41, 5.74) is 2.11. The van der Waals surface area contributed by atoms with Gasteiger partial charge in [-0.05, 0) is 12.0 Å². The second kappa shape index (κ2) is 5.13. The molecule has 1 heterocycles. The maximum Gasteiger partial charge on any atom is 0.212 e. The van der Waals surface area contributed by atoms with Crippen molar-refractivity contribution in [1.29, 1.82) is 0 Å². The number of hydrogen-bond acceptors (Lipinski definition) is 4. The highest BCUT2D eigenvalue weighted by Gasteiger charge is 2.26. The van der Waals surface area contributed by atoms with E-state index in [9.17, 15) is 9.59 Å². The van der Waals surface area contributed by atoms with Crippen LogP contribution >= 0.6 is 0 Å². The maximum absolute atomic E-state index is 12.1. The molecule has 5 nitrogen and oxygen atoms in total. The van der Waals surface area contributed by atoms with Gasteiger partial charge in [-0.1, -0.05) is 30.3 Å². The number of carbonyl (C=O) groups excluding carboxylic acids is 2. The summed E-state index contributed by atoms with van der Waals surface area (Å²) in [5.74, 6) is -0.416. The summed E-state index contributed by atoms with van der Waals surface area (Å²) in [6, 6.07) is 9.96. The van der Waals surface area contributed by atoms with Crippen molar-refractivity contribution < 1.29 is 9.59 Å². The number of nitrogens with one attached hydrogen (secondary N) is 2. The summed E-state index contributed by atoms with van der Waals surface area (Å²) < 4.78 is 0. The highest BCUT2D eigenvalue weighted by Crippen LogP contribution is 2.17. The van der Waals surface area contributed by atoms with Crippen molar-refractivity contribution in [2.45, 2.75) is 6.42 Å². The zero-order chi connectivity index (χ0) is 13.9. The predicted octanol–water partition coefficient (Wildman–Crippen LogP) is 1.50. The third-order valence-electron chi connectivity index (χ3n) is 3.22. The van der Waals surface area contributed by atoms with Crippen molar-refractivity contribution in [3.8, 4) is 0 Å². The van der Waals surface area contributed by atoms with Crippen LogP contribution in [0, 0.1) is 0 Å². The molecule has 1 aliphatic carbocycles. The first-order valence-electron chi connectivity index (χ1n) is 6.37. The molecule has 0 atom stereocenters. The molecule has 0 saturated heterocycles. The van der Waals surface area contributed by atoms with Crippen LogP contribution in [-0.4, -0.2) is 28.3 Å². The van der Waals surface area contributed by atoms with E-state index in [1.807, 2.05) is 30.3 Å². The number of aromatic amines is 1. The van der Waals surface area contributed by atoms with Gasteiger partial charge in [0, 0.05) is 12.6 Å². The minimum atomic E-state index is -0.223. The van der Waals surface area contributed by atoms with Gasteiger partial charge >= 0.3 is 0 Å². The Labute approximate surface area is 115 Å². The van der Waals surface area contributed by atoms with Crippen LogP contribution in [0.1, 0.15) is 26.4 Å². The topological polar surface area (TPSA) is 74.8 Å². The Kier molecular flexibility index (Phi) is 3.16. The molecule has 0 unspecified atom stereocenters. The fourth-order valence-corrected chi connectivity index (χ4v) is 2.18. The number of nitrogens with zero attached hydrogens (tertiary/aromatic N) is 1. The van der Waals surface area contributed by atoms with Gasteiger partial charge < -0.3 is 5.32 Å². The number of fused-ring (bicyclic) bond motifs is 1.